The largest absolute Gasteiger partial charge is 0.474 e. The van der Waals surface area contributed by atoms with E-state index in [4.69, 9.17) is 15.7 Å². The van der Waals surface area contributed by atoms with Gasteiger partial charge in [0.25, 0.3) is 5.69 Å². The van der Waals surface area contributed by atoms with Gasteiger partial charge in [-0.15, -0.1) is 0 Å². The minimum Gasteiger partial charge on any atom is -0.474 e. The Labute approximate surface area is 115 Å². The van der Waals surface area contributed by atoms with Crippen LogP contribution in [0.3, 0.4) is 0 Å². The Hall–Kier alpha value is -2.38. The first kappa shape index (κ1) is 14.0. The van der Waals surface area contributed by atoms with Crippen LogP contribution in [0.4, 0.5) is 5.69 Å². The molecule has 0 unspecified atom stereocenters. The van der Waals surface area contributed by atoms with E-state index in [0.717, 1.165) is 31.9 Å². The van der Waals surface area contributed by atoms with Crippen molar-refractivity contribution in [3.8, 4) is 5.88 Å². The molecule has 8 heteroatoms. The molecule has 1 fully saturated rings. The first-order valence-electron chi connectivity index (χ1n) is 6.41. The number of ether oxygens (including phenoxy) is 1. The maximum atomic E-state index is 10.7. The van der Waals surface area contributed by atoms with Gasteiger partial charge in [-0.25, -0.2) is 4.98 Å². The SMILES string of the molecule is NC(=NO)c1cc([N+](=O)[O-])cnc1OC1CCCCC1. The van der Waals surface area contributed by atoms with Crippen molar-refractivity contribution in [3.05, 3.63) is 27.9 Å². The highest BCUT2D eigenvalue weighted by molar-refractivity contribution is 5.99. The third kappa shape index (κ3) is 3.14. The number of hydrogen-bond donors (Lipinski definition) is 2. The van der Waals surface area contributed by atoms with Crippen molar-refractivity contribution in [2.75, 3.05) is 0 Å². The monoisotopic (exact) mass is 280 g/mol. The molecular weight excluding hydrogens is 264 g/mol. The van der Waals surface area contributed by atoms with E-state index in [9.17, 15) is 10.1 Å². The predicted octanol–water partition coefficient (Wildman–Crippen LogP) is 1.80. The summed E-state index contributed by atoms with van der Waals surface area (Å²) in [6.07, 6.45) is 6.28. The van der Waals surface area contributed by atoms with Gasteiger partial charge in [-0.2, -0.15) is 0 Å². The lowest BCUT2D eigenvalue weighted by atomic mass is 9.98. The fourth-order valence-electron chi connectivity index (χ4n) is 2.21. The number of nitrogens with two attached hydrogens (primary N) is 1. The summed E-state index contributed by atoms with van der Waals surface area (Å²) in [7, 11) is 0. The first-order chi connectivity index (χ1) is 9.61. The lowest BCUT2D eigenvalue weighted by molar-refractivity contribution is -0.385. The molecule has 1 aliphatic carbocycles. The summed E-state index contributed by atoms with van der Waals surface area (Å²) < 4.78 is 5.74. The van der Waals surface area contributed by atoms with E-state index >= 15 is 0 Å². The van der Waals surface area contributed by atoms with Crippen LogP contribution in [-0.4, -0.2) is 27.1 Å². The van der Waals surface area contributed by atoms with Crippen molar-refractivity contribution >= 4 is 11.5 Å². The third-order valence-electron chi connectivity index (χ3n) is 3.26. The van der Waals surface area contributed by atoms with Crippen molar-refractivity contribution in [2.45, 2.75) is 38.2 Å². The molecule has 0 amide bonds. The van der Waals surface area contributed by atoms with Gasteiger partial charge in [0, 0.05) is 6.07 Å². The van der Waals surface area contributed by atoms with Crippen LogP contribution in [0.15, 0.2) is 17.4 Å². The Bertz CT molecular complexity index is 526. The quantitative estimate of drug-likeness (QED) is 0.285. The van der Waals surface area contributed by atoms with E-state index in [1.807, 2.05) is 0 Å². The summed E-state index contributed by atoms with van der Waals surface area (Å²) in [5.74, 6) is -0.0928. The first-order valence-corrected chi connectivity index (χ1v) is 6.41. The van der Waals surface area contributed by atoms with Crippen molar-refractivity contribution in [3.63, 3.8) is 0 Å². The Kier molecular flexibility index (Phi) is 4.34. The van der Waals surface area contributed by atoms with Gasteiger partial charge in [0.15, 0.2) is 5.84 Å². The Morgan fingerprint density at radius 1 is 1.50 bits per heavy atom. The van der Waals surface area contributed by atoms with Gasteiger partial charge in [-0.05, 0) is 25.7 Å². The fourth-order valence-corrected chi connectivity index (χ4v) is 2.21. The maximum absolute atomic E-state index is 10.7. The van der Waals surface area contributed by atoms with E-state index in [2.05, 4.69) is 10.1 Å². The van der Waals surface area contributed by atoms with Gasteiger partial charge in [0.1, 0.15) is 12.3 Å². The molecule has 1 saturated carbocycles. The van der Waals surface area contributed by atoms with Crippen LogP contribution in [0.25, 0.3) is 0 Å². The van der Waals surface area contributed by atoms with E-state index in [1.165, 1.54) is 12.5 Å². The molecule has 1 aromatic heterocycles. The number of oxime groups is 1. The average Bonchev–Trinajstić information content (AvgIpc) is 2.47. The van der Waals surface area contributed by atoms with Crippen LogP contribution in [-0.2, 0) is 0 Å². The van der Waals surface area contributed by atoms with Crippen LogP contribution >= 0.6 is 0 Å². The molecule has 0 spiro atoms. The third-order valence-corrected chi connectivity index (χ3v) is 3.26. The highest BCUT2D eigenvalue weighted by Crippen LogP contribution is 2.26. The number of hydrogen-bond acceptors (Lipinski definition) is 6. The number of amidine groups is 1. The second-order valence-electron chi connectivity index (χ2n) is 4.67. The minimum absolute atomic E-state index is 0.0166. The number of pyridine rings is 1. The number of rotatable bonds is 4. The summed E-state index contributed by atoms with van der Waals surface area (Å²) in [5, 5.41) is 22.4. The standard InChI is InChI=1S/C12H16N4O4/c13-11(15-17)10-6-8(16(18)19)7-14-12(10)20-9-4-2-1-3-5-9/h6-7,9,17H,1-5H2,(H2,13,15). The van der Waals surface area contributed by atoms with Gasteiger partial charge in [-0.1, -0.05) is 11.6 Å². The molecule has 8 nitrogen and oxygen atoms in total. The van der Waals surface area contributed by atoms with Crippen LogP contribution in [0, 0.1) is 10.1 Å². The molecule has 0 atom stereocenters. The van der Waals surface area contributed by atoms with Gasteiger partial charge in [0.2, 0.25) is 5.88 Å². The minimum atomic E-state index is -0.592. The summed E-state index contributed by atoms with van der Waals surface area (Å²) >= 11 is 0. The van der Waals surface area contributed by atoms with Crippen LogP contribution in [0.2, 0.25) is 0 Å². The summed E-state index contributed by atoms with van der Waals surface area (Å²) in [5.41, 5.74) is 5.42. The van der Waals surface area contributed by atoms with E-state index < -0.39 is 4.92 Å². The van der Waals surface area contributed by atoms with Gasteiger partial charge >= 0.3 is 0 Å². The predicted molar refractivity (Wildman–Crippen MR) is 70.9 cm³/mol. The second-order valence-corrected chi connectivity index (χ2v) is 4.67. The van der Waals surface area contributed by atoms with E-state index in [0.29, 0.717) is 0 Å². The van der Waals surface area contributed by atoms with Crippen LogP contribution < -0.4 is 10.5 Å². The molecule has 0 aromatic carbocycles. The smallest absolute Gasteiger partial charge is 0.288 e. The van der Waals surface area contributed by atoms with E-state index in [-0.39, 0.29) is 29.1 Å². The molecule has 0 bridgehead atoms. The summed E-state index contributed by atoms with van der Waals surface area (Å²) in [4.78, 5) is 14.1. The van der Waals surface area contributed by atoms with Gasteiger partial charge < -0.3 is 15.7 Å². The molecule has 1 aliphatic rings. The van der Waals surface area contributed by atoms with Crippen LogP contribution in [0.5, 0.6) is 5.88 Å². The molecule has 0 radical (unpaired) electrons. The average molecular weight is 280 g/mol. The Morgan fingerprint density at radius 2 is 2.20 bits per heavy atom. The molecule has 108 valence electrons. The number of nitrogens with zero attached hydrogens (tertiary/aromatic N) is 3. The molecule has 1 aromatic rings. The van der Waals surface area contributed by atoms with Crippen molar-refractivity contribution in [1.82, 2.24) is 4.98 Å². The van der Waals surface area contributed by atoms with Crippen molar-refractivity contribution in [1.29, 1.82) is 0 Å². The molecule has 0 saturated heterocycles. The lowest BCUT2D eigenvalue weighted by Gasteiger charge is -2.23. The molecular formula is C12H16N4O4. The second kappa shape index (κ2) is 6.18. The van der Waals surface area contributed by atoms with Gasteiger partial charge in [-0.3, -0.25) is 10.1 Å². The summed E-state index contributed by atoms with van der Waals surface area (Å²) in [6, 6.07) is 1.19. The highest BCUT2D eigenvalue weighted by Gasteiger charge is 2.21. The fraction of sp³-hybridized carbons (Fsp3) is 0.500. The maximum Gasteiger partial charge on any atom is 0.288 e. The number of aromatic nitrogens is 1. The topological polar surface area (TPSA) is 124 Å². The zero-order valence-electron chi connectivity index (χ0n) is 10.9. The zero-order chi connectivity index (χ0) is 14.5. The molecule has 1 heterocycles. The molecule has 0 aliphatic heterocycles. The van der Waals surface area contributed by atoms with Crippen molar-refractivity contribution < 1.29 is 14.9 Å². The molecule has 3 N–H and O–H groups in total. The zero-order valence-corrected chi connectivity index (χ0v) is 10.9. The molecule has 20 heavy (non-hydrogen) atoms. The normalized spacial score (nSPS) is 16.9. The Balaban J connectivity index is 2.28. The van der Waals surface area contributed by atoms with Crippen molar-refractivity contribution in [2.24, 2.45) is 10.9 Å². The van der Waals surface area contributed by atoms with E-state index in [1.54, 1.807) is 0 Å². The highest BCUT2D eigenvalue weighted by atomic mass is 16.6. The van der Waals surface area contributed by atoms with Crippen LogP contribution in [0.1, 0.15) is 37.7 Å². The molecule has 2 rings (SSSR count). The van der Waals surface area contributed by atoms with Gasteiger partial charge in [0.05, 0.1) is 10.5 Å². The lowest BCUT2D eigenvalue weighted by Crippen LogP contribution is -2.23. The number of nitro groups is 1. The summed E-state index contributed by atoms with van der Waals surface area (Å²) in [6.45, 7) is 0. The Morgan fingerprint density at radius 3 is 2.80 bits per heavy atom.